The second kappa shape index (κ2) is 4.99. The van der Waals surface area contributed by atoms with Crippen molar-refractivity contribution >= 4 is 0 Å². The van der Waals surface area contributed by atoms with Crippen molar-refractivity contribution in [1.82, 2.24) is 21.5 Å². The van der Waals surface area contributed by atoms with Gasteiger partial charge in [0.25, 0.3) is 0 Å². The zero-order chi connectivity index (χ0) is 6.41. The Morgan fingerprint density at radius 3 is 2.12 bits per heavy atom. The van der Waals surface area contributed by atoms with Crippen molar-refractivity contribution in [3.05, 3.63) is 0 Å². The van der Waals surface area contributed by atoms with E-state index in [0.717, 1.165) is 6.54 Å². The number of nitrogens with one attached hydrogen (secondary N) is 3. The molecule has 0 bridgehead atoms. The largest absolute Gasteiger partial charge is 0.246 e. The predicted octanol–water partition coefficient (Wildman–Crippen LogP) is -0.918. The van der Waals surface area contributed by atoms with Gasteiger partial charge < -0.3 is 0 Å². The lowest BCUT2D eigenvalue weighted by Crippen LogP contribution is -2.51. The van der Waals surface area contributed by atoms with Crippen LogP contribution in [-0.4, -0.2) is 25.8 Å². The van der Waals surface area contributed by atoms with E-state index in [9.17, 15) is 0 Å². The van der Waals surface area contributed by atoms with Crippen LogP contribution in [0.15, 0.2) is 0 Å². The number of rotatable bonds is 4. The van der Waals surface area contributed by atoms with E-state index in [1.165, 1.54) is 0 Å². The molecule has 0 rings (SSSR count). The summed E-state index contributed by atoms with van der Waals surface area (Å²) in [5, 5.41) is 1.82. The highest BCUT2D eigenvalue weighted by molar-refractivity contribution is 4.28. The Morgan fingerprint density at radius 1 is 1.38 bits per heavy atom. The molecular formula is C4H14N4. The summed E-state index contributed by atoms with van der Waals surface area (Å²) in [5.41, 5.74) is 8.55. The van der Waals surface area contributed by atoms with Gasteiger partial charge in [-0.2, -0.15) is 10.7 Å². The fourth-order valence-electron chi connectivity index (χ4n) is 0.428. The summed E-state index contributed by atoms with van der Waals surface area (Å²) in [7, 11) is 3.67. The molecule has 0 radical (unpaired) electrons. The second-order valence-electron chi connectivity index (χ2n) is 1.33. The molecule has 0 fully saturated rings. The second-order valence-corrected chi connectivity index (χ2v) is 1.33. The minimum atomic E-state index is 0.914. The zero-order valence-electron chi connectivity index (χ0n) is 5.65. The van der Waals surface area contributed by atoms with Gasteiger partial charge in [0.2, 0.25) is 0 Å². The van der Waals surface area contributed by atoms with Crippen LogP contribution in [0.1, 0.15) is 6.92 Å². The fourth-order valence-corrected chi connectivity index (χ4v) is 0.428. The summed E-state index contributed by atoms with van der Waals surface area (Å²) in [4.78, 5) is 0. The third-order valence-electron chi connectivity index (χ3n) is 0.833. The van der Waals surface area contributed by atoms with Gasteiger partial charge in [0.15, 0.2) is 0 Å². The number of nitrogens with zero attached hydrogens (tertiary/aromatic N) is 1. The van der Waals surface area contributed by atoms with Crippen molar-refractivity contribution in [3.63, 3.8) is 0 Å². The van der Waals surface area contributed by atoms with Crippen LogP contribution in [0.25, 0.3) is 0 Å². The Morgan fingerprint density at radius 2 is 2.00 bits per heavy atom. The van der Waals surface area contributed by atoms with Crippen LogP contribution in [0.3, 0.4) is 0 Å². The van der Waals surface area contributed by atoms with Crippen LogP contribution < -0.4 is 16.4 Å². The monoisotopic (exact) mass is 118 g/mol. The molecule has 0 aromatic carbocycles. The molecular weight excluding hydrogens is 104 g/mol. The molecule has 0 aliphatic heterocycles. The first-order valence-corrected chi connectivity index (χ1v) is 2.72. The molecule has 0 aromatic heterocycles. The van der Waals surface area contributed by atoms with Crippen molar-refractivity contribution in [1.29, 1.82) is 0 Å². The Bertz CT molecular complexity index is 43.3. The van der Waals surface area contributed by atoms with Crippen LogP contribution in [0.5, 0.6) is 0 Å². The van der Waals surface area contributed by atoms with Gasteiger partial charge in [-0.3, -0.25) is 0 Å². The molecule has 0 aliphatic rings. The maximum atomic E-state index is 2.91. The van der Waals surface area contributed by atoms with E-state index < -0.39 is 0 Å². The van der Waals surface area contributed by atoms with E-state index in [1.807, 2.05) is 26.1 Å². The van der Waals surface area contributed by atoms with Gasteiger partial charge in [-0.1, -0.05) is 0 Å². The van der Waals surface area contributed by atoms with E-state index in [4.69, 9.17) is 0 Å². The Labute approximate surface area is 50.2 Å². The summed E-state index contributed by atoms with van der Waals surface area (Å²) in [5.74, 6) is 0. The third-order valence-corrected chi connectivity index (χ3v) is 0.833. The zero-order valence-corrected chi connectivity index (χ0v) is 5.65. The lowest BCUT2D eigenvalue weighted by Gasteiger charge is -2.18. The molecule has 50 valence electrons. The molecule has 0 aliphatic carbocycles. The first kappa shape index (κ1) is 7.84. The van der Waals surface area contributed by atoms with Gasteiger partial charge in [0, 0.05) is 13.6 Å². The van der Waals surface area contributed by atoms with Crippen molar-refractivity contribution in [2.45, 2.75) is 6.92 Å². The Kier molecular flexibility index (Phi) is 4.89. The van der Waals surface area contributed by atoms with E-state index in [2.05, 4.69) is 16.4 Å². The molecule has 0 heterocycles. The highest BCUT2D eigenvalue weighted by Crippen LogP contribution is 1.64. The average molecular weight is 118 g/mol. The smallest absolute Gasteiger partial charge is 0.0273 e. The van der Waals surface area contributed by atoms with Crippen LogP contribution in [0.4, 0.5) is 0 Å². The third kappa shape index (κ3) is 2.92. The summed E-state index contributed by atoms with van der Waals surface area (Å²) in [6, 6.07) is 0. The normalized spacial score (nSPS) is 10.5. The minimum Gasteiger partial charge on any atom is -0.246 e. The number of hydrogen-bond acceptors (Lipinski definition) is 4. The van der Waals surface area contributed by atoms with Gasteiger partial charge in [0.05, 0.1) is 0 Å². The molecule has 4 nitrogen and oxygen atoms in total. The predicted molar refractivity (Wildman–Crippen MR) is 33.6 cm³/mol. The fraction of sp³-hybridized carbons (Fsp3) is 1.00. The maximum Gasteiger partial charge on any atom is 0.0273 e. The van der Waals surface area contributed by atoms with Gasteiger partial charge in [-0.25, -0.2) is 10.9 Å². The van der Waals surface area contributed by atoms with Crippen LogP contribution in [-0.2, 0) is 0 Å². The maximum absolute atomic E-state index is 2.91. The highest BCUT2D eigenvalue weighted by atomic mass is 15.8. The molecule has 3 N–H and O–H groups in total. The standard InChI is InChI=1S/C4H14N4/c1-4-8(6-3)7-5-2/h5-7H,4H2,1-3H3. The molecule has 4 heteroatoms. The SMILES string of the molecule is CCN(NC)NNC. The molecule has 0 saturated carbocycles. The van der Waals surface area contributed by atoms with Gasteiger partial charge in [-0.15, -0.1) is 0 Å². The number of hydrazine groups is 3. The van der Waals surface area contributed by atoms with Crippen LogP contribution in [0.2, 0.25) is 0 Å². The molecule has 8 heavy (non-hydrogen) atoms. The van der Waals surface area contributed by atoms with Crippen LogP contribution >= 0.6 is 0 Å². The lowest BCUT2D eigenvalue weighted by molar-refractivity contribution is 0.113. The van der Waals surface area contributed by atoms with E-state index >= 15 is 0 Å². The van der Waals surface area contributed by atoms with Gasteiger partial charge in [-0.05, 0) is 14.0 Å². The molecule has 0 unspecified atom stereocenters. The Hall–Kier alpha value is -0.160. The van der Waals surface area contributed by atoms with Crippen molar-refractivity contribution in [2.24, 2.45) is 0 Å². The minimum absolute atomic E-state index is 0.914. The molecule has 0 atom stereocenters. The topological polar surface area (TPSA) is 39.3 Å². The number of hydrogen-bond donors (Lipinski definition) is 3. The van der Waals surface area contributed by atoms with Crippen molar-refractivity contribution in [3.8, 4) is 0 Å². The summed E-state index contributed by atoms with van der Waals surface area (Å²) < 4.78 is 0. The quantitative estimate of drug-likeness (QED) is 0.418. The summed E-state index contributed by atoms with van der Waals surface area (Å²) in [6.07, 6.45) is 0. The van der Waals surface area contributed by atoms with Crippen molar-refractivity contribution in [2.75, 3.05) is 20.6 Å². The molecule has 0 amide bonds. The van der Waals surface area contributed by atoms with E-state index in [0.29, 0.717) is 0 Å². The summed E-state index contributed by atoms with van der Waals surface area (Å²) >= 11 is 0. The van der Waals surface area contributed by atoms with E-state index in [-0.39, 0.29) is 0 Å². The first-order valence-electron chi connectivity index (χ1n) is 2.72. The molecule has 0 aromatic rings. The van der Waals surface area contributed by atoms with Crippen LogP contribution in [0, 0.1) is 0 Å². The summed E-state index contributed by atoms with van der Waals surface area (Å²) in [6.45, 7) is 2.96. The Balaban J connectivity index is 3.07. The first-order chi connectivity index (χ1) is 3.85. The molecule has 0 spiro atoms. The molecule has 0 saturated heterocycles. The van der Waals surface area contributed by atoms with Gasteiger partial charge in [0.1, 0.15) is 0 Å². The average Bonchev–Trinajstić information content (AvgIpc) is 1.83. The van der Waals surface area contributed by atoms with Gasteiger partial charge >= 0.3 is 0 Å². The van der Waals surface area contributed by atoms with Crippen molar-refractivity contribution < 1.29 is 0 Å². The van der Waals surface area contributed by atoms with E-state index in [1.54, 1.807) is 0 Å². The highest BCUT2D eigenvalue weighted by Gasteiger charge is 1.89. The lowest BCUT2D eigenvalue weighted by atomic mass is 10.8.